The van der Waals surface area contributed by atoms with Crippen molar-refractivity contribution in [3.05, 3.63) is 57.9 Å². The van der Waals surface area contributed by atoms with Crippen LogP contribution >= 0.6 is 34.9 Å². The fourth-order valence-corrected chi connectivity index (χ4v) is 5.22. The summed E-state index contributed by atoms with van der Waals surface area (Å²) in [5.74, 6) is 1.80. The van der Waals surface area contributed by atoms with Gasteiger partial charge in [0.25, 0.3) is 5.91 Å². The Labute approximate surface area is 172 Å². The van der Waals surface area contributed by atoms with Crippen LogP contribution in [0.2, 0.25) is 0 Å². The lowest BCUT2D eigenvalue weighted by atomic mass is 10.1. The Kier molecular flexibility index (Phi) is 6.84. The molecule has 3 rings (SSSR count). The first kappa shape index (κ1) is 20.2. The normalized spacial score (nSPS) is 12.1. The van der Waals surface area contributed by atoms with Gasteiger partial charge in [0.15, 0.2) is 4.80 Å². The van der Waals surface area contributed by atoms with Crippen molar-refractivity contribution >= 4 is 51.0 Å². The van der Waals surface area contributed by atoms with Crippen LogP contribution in [0.15, 0.2) is 46.3 Å². The van der Waals surface area contributed by atoms with Crippen LogP contribution in [0.4, 0.5) is 0 Å². The molecule has 27 heavy (non-hydrogen) atoms. The second-order valence-electron chi connectivity index (χ2n) is 6.34. The number of nitrogens with zero attached hydrogens (tertiary/aromatic N) is 2. The van der Waals surface area contributed by atoms with Crippen LogP contribution in [-0.2, 0) is 6.54 Å². The van der Waals surface area contributed by atoms with E-state index in [-0.39, 0.29) is 5.91 Å². The number of rotatable bonds is 6. The van der Waals surface area contributed by atoms with E-state index in [1.54, 1.807) is 34.9 Å². The van der Waals surface area contributed by atoms with Crippen LogP contribution in [0.25, 0.3) is 10.2 Å². The minimum absolute atomic E-state index is 0.174. The fourth-order valence-electron chi connectivity index (χ4n) is 3.03. The molecule has 0 aliphatic carbocycles. The van der Waals surface area contributed by atoms with E-state index in [0.717, 1.165) is 27.7 Å². The summed E-state index contributed by atoms with van der Waals surface area (Å²) in [4.78, 5) is 19.2. The quantitative estimate of drug-likeness (QED) is 0.495. The molecule has 0 aliphatic heterocycles. The molecule has 0 bridgehead atoms. The number of aryl methyl sites for hydroxylation is 3. The number of carbonyl (C=O) groups is 1. The summed E-state index contributed by atoms with van der Waals surface area (Å²) in [5.41, 5.74) is 4.30. The molecule has 0 unspecified atom stereocenters. The molecule has 1 aromatic heterocycles. The van der Waals surface area contributed by atoms with Gasteiger partial charge < -0.3 is 4.57 Å². The number of benzene rings is 2. The topological polar surface area (TPSA) is 34.4 Å². The summed E-state index contributed by atoms with van der Waals surface area (Å²) in [7, 11) is 0. The zero-order chi connectivity index (χ0) is 19.4. The van der Waals surface area contributed by atoms with Crippen molar-refractivity contribution in [3.63, 3.8) is 0 Å². The van der Waals surface area contributed by atoms with E-state index in [1.165, 1.54) is 21.3 Å². The highest BCUT2D eigenvalue weighted by molar-refractivity contribution is 7.99. The number of hydrogen-bond donors (Lipinski definition) is 0. The molecule has 142 valence electrons. The molecular weight excluding hydrogens is 392 g/mol. The minimum Gasteiger partial charge on any atom is -0.315 e. The molecule has 0 saturated heterocycles. The van der Waals surface area contributed by atoms with Crippen molar-refractivity contribution in [2.24, 2.45) is 4.99 Å². The van der Waals surface area contributed by atoms with Gasteiger partial charge in [0.2, 0.25) is 0 Å². The van der Waals surface area contributed by atoms with Crippen molar-refractivity contribution < 1.29 is 4.79 Å². The molecule has 6 heteroatoms. The van der Waals surface area contributed by atoms with E-state index in [9.17, 15) is 4.79 Å². The SMILES string of the molecule is CCSc1cccc(C(=O)N=c2sc3c(C)cc(C)cc3n2CCSC)c1. The first-order valence-electron chi connectivity index (χ1n) is 8.95. The molecule has 0 spiro atoms. The monoisotopic (exact) mass is 416 g/mol. The number of amides is 1. The standard InChI is InChI=1S/C21H24N2OS3/c1-5-26-17-8-6-7-16(13-17)20(24)22-21-23(9-10-25-4)18-12-14(2)11-15(3)19(18)27-21/h6-8,11-13H,5,9-10H2,1-4H3. The Morgan fingerprint density at radius 2 is 2.04 bits per heavy atom. The Bertz CT molecular complexity index is 1030. The highest BCUT2D eigenvalue weighted by atomic mass is 32.2. The Hall–Kier alpha value is -1.50. The van der Waals surface area contributed by atoms with E-state index in [0.29, 0.717) is 5.56 Å². The average Bonchev–Trinajstić information content (AvgIpc) is 2.98. The van der Waals surface area contributed by atoms with Crippen molar-refractivity contribution in [1.82, 2.24) is 4.57 Å². The maximum Gasteiger partial charge on any atom is 0.279 e. The second kappa shape index (κ2) is 9.13. The highest BCUT2D eigenvalue weighted by Gasteiger charge is 2.12. The predicted molar refractivity (Wildman–Crippen MR) is 120 cm³/mol. The number of thiazole rings is 1. The highest BCUT2D eigenvalue weighted by Crippen LogP contribution is 2.24. The first-order chi connectivity index (χ1) is 13.0. The van der Waals surface area contributed by atoms with Gasteiger partial charge in [-0.1, -0.05) is 30.4 Å². The fraction of sp³-hybridized carbons (Fsp3) is 0.333. The van der Waals surface area contributed by atoms with Gasteiger partial charge in [0, 0.05) is 22.8 Å². The summed E-state index contributed by atoms with van der Waals surface area (Å²) in [5, 5.41) is 0. The van der Waals surface area contributed by atoms with Crippen LogP contribution in [0.1, 0.15) is 28.4 Å². The molecule has 3 aromatic rings. The summed E-state index contributed by atoms with van der Waals surface area (Å²) >= 11 is 5.15. The number of carbonyl (C=O) groups excluding carboxylic acids is 1. The molecule has 2 aromatic carbocycles. The van der Waals surface area contributed by atoms with Crippen molar-refractivity contribution in [2.75, 3.05) is 17.8 Å². The van der Waals surface area contributed by atoms with Crippen LogP contribution < -0.4 is 4.80 Å². The van der Waals surface area contributed by atoms with Crippen LogP contribution in [0, 0.1) is 13.8 Å². The number of hydrogen-bond acceptors (Lipinski definition) is 4. The van der Waals surface area contributed by atoms with Gasteiger partial charge in [-0.2, -0.15) is 16.8 Å². The zero-order valence-corrected chi connectivity index (χ0v) is 18.6. The Morgan fingerprint density at radius 1 is 1.22 bits per heavy atom. The van der Waals surface area contributed by atoms with Gasteiger partial charge in [-0.3, -0.25) is 4.79 Å². The Balaban J connectivity index is 2.10. The van der Waals surface area contributed by atoms with E-state index < -0.39 is 0 Å². The summed E-state index contributed by atoms with van der Waals surface area (Å²) in [6.45, 7) is 7.20. The summed E-state index contributed by atoms with van der Waals surface area (Å²) in [6, 6.07) is 12.1. The molecule has 0 fully saturated rings. The molecule has 0 atom stereocenters. The molecular formula is C21H24N2OS3. The van der Waals surface area contributed by atoms with Gasteiger partial charge in [-0.05, 0) is 61.2 Å². The van der Waals surface area contributed by atoms with E-state index in [2.05, 4.69) is 48.7 Å². The summed E-state index contributed by atoms with van der Waals surface area (Å²) in [6.07, 6.45) is 2.10. The third kappa shape index (κ3) is 4.68. The lowest BCUT2D eigenvalue weighted by Crippen LogP contribution is -2.18. The average molecular weight is 417 g/mol. The van der Waals surface area contributed by atoms with Crippen molar-refractivity contribution in [2.45, 2.75) is 32.2 Å². The third-order valence-electron chi connectivity index (χ3n) is 4.22. The van der Waals surface area contributed by atoms with Gasteiger partial charge in [0.05, 0.1) is 10.2 Å². The first-order valence-corrected chi connectivity index (χ1v) is 12.1. The molecule has 0 radical (unpaired) electrons. The maximum atomic E-state index is 12.8. The predicted octanol–water partition coefficient (Wildman–Crippen LogP) is 5.54. The van der Waals surface area contributed by atoms with Gasteiger partial charge in [0.1, 0.15) is 0 Å². The molecule has 1 heterocycles. The second-order valence-corrected chi connectivity index (χ2v) is 9.64. The molecule has 0 saturated carbocycles. The molecule has 0 aliphatic rings. The minimum atomic E-state index is -0.174. The molecule has 0 N–H and O–H groups in total. The number of aromatic nitrogens is 1. The van der Waals surface area contributed by atoms with Gasteiger partial charge in [-0.25, -0.2) is 0 Å². The number of thioether (sulfide) groups is 2. The van der Waals surface area contributed by atoms with Crippen LogP contribution in [0.5, 0.6) is 0 Å². The lowest BCUT2D eigenvalue weighted by molar-refractivity contribution is 0.0997. The molecule has 1 amide bonds. The molecule has 3 nitrogen and oxygen atoms in total. The van der Waals surface area contributed by atoms with Crippen molar-refractivity contribution in [1.29, 1.82) is 0 Å². The largest absolute Gasteiger partial charge is 0.315 e. The van der Waals surface area contributed by atoms with Gasteiger partial charge in [-0.15, -0.1) is 11.8 Å². The maximum absolute atomic E-state index is 12.8. The van der Waals surface area contributed by atoms with Crippen LogP contribution in [-0.4, -0.2) is 28.2 Å². The van der Waals surface area contributed by atoms with Crippen LogP contribution in [0.3, 0.4) is 0 Å². The summed E-state index contributed by atoms with van der Waals surface area (Å²) < 4.78 is 3.41. The lowest BCUT2D eigenvalue weighted by Gasteiger charge is -2.06. The van der Waals surface area contributed by atoms with E-state index >= 15 is 0 Å². The third-order valence-corrected chi connectivity index (χ3v) is 6.92. The van der Waals surface area contributed by atoms with Gasteiger partial charge >= 0.3 is 0 Å². The Morgan fingerprint density at radius 3 is 2.78 bits per heavy atom. The van der Waals surface area contributed by atoms with E-state index in [4.69, 9.17) is 0 Å². The van der Waals surface area contributed by atoms with Crippen molar-refractivity contribution in [3.8, 4) is 0 Å². The zero-order valence-electron chi connectivity index (χ0n) is 16.1. The smallest absolute Gasteiger partial charge is 0.279 e. The van der Waals surface area contributed by atoms with E-state index in [1.807, 2.05) is 24.3 Å². The number of fused-ring (bicyclic) bond motifs is 1.